The first-order valence-electron chi connectivity index (χ1n) is 8.43. The Labute approximate surface area is 180 Å². The van der Waals surface area contributed by atoms with Crippen LogP contribution in [-0.4, -0.2) is 40.5 Å². The van der Waals surface area contributed by atoms with Gasteiger partial charge in [0.2, 0.25) is 10.3 Å². The lowest BCUT2D eigenvalue weighted by molar-refractivity contribution is 0.102. The van der Waals surface area contributed by atoms with E-state index in [-0.39, 0.29) is 14.6 Å². The van der Waals surface area contributed by atoms with Gasteiger partial charge in [-0.3, -0.25) is 14.8 Å². The Kier molecular flexibility index (Phi) is 6.82. The molecule has 0 fully saturated rings. The highest BCUT2D eigenvalue weighted by atomic mass is 32.2. The van der Waals surface area contributed by atoms with Gasteiger partial charge in [0.1, 0.15) is 0 Å². The van der Waals surface area contributed by atoms with Crippen LogP contribution in [0.1, 0.15) is 29.8 Å². The number of carbonyl (C=O) groups excluding carboxylic acids is 1. The normalized spacial score (nSPS) is 11.6. The maximum atomic E-state index is 12.5. The highest BCUT2D eigenvalue weighted by Gasteiger charge is 2.23. The van der Waals surface area contributed by atoms with Crippen LogP contribution in [0.3, 0.4) is 0 Å². The summed E-state index contributed by atoms with van der Waals surface area (Å²) in [6, 6.07) is 6.97. The predicted molar refractivity (Wildman–Crippen MR) is 115 cm³/mol. The standard InChI is InChI=1S/C16H18N6O3S4/c1-9(2)8-26-15-20-19-14(27-15)22-29(24,25)16-21-18-13(28-16)17-12(23)11-6-4-10(3)5-7-11/h4-7,9H,8H2,1-3H3,(H,19,22)(H,17,18,23). The average Bonchev–Trinajstić information content (AvgIpc) is 3.30. The van der Waals surface area contributed by atoms with E-state index < -0.39 is 15.9 Å². The van der Waals surface area contributed by atoms with Crippen molar-refractivity contribution in [2.45, 2.75) is 29.5 Å². The summed E-state index contributed by atoms with van der Waals surface area (Å²) >= 11 is 3.42. The minimum Gasteiger partial charge on any atom is -0.296 e. The van der Waals surface area contributed by atoms with E-state index in [1.807, 2.05) is 19.1 Å². The first-order valence-corrected chi connectivity index (χ1v) is 12.5. The molecular weight excluding hydrogens is 452 g/mol. The second kappa shape index (κ2) is 9.15. The third kappa shape index (κ3) is 5.95. The molecule has 0 saturated carbocycles. The molecule has 13 heteroatoms. The zero-order chi connectivity index (χ0) is 21.0. The molecule has 2 heterocycles. The lowest BCUT2D eigenvalue weighted by Gasteiger charge is -2.01. The van der Waals surface area contributed by atoms with Crippen molar-refractivity contribution in [2.24, 2.45) is 5.92 Å². The molecule has 154 valence electrons. The van der Waals surface area contributed by atoms with Crippen LogP contribution >= 0.6 is 34.4 Å². The van der Waals surface area contributed by atoms with Crippen molar-refractivity contribution < 1.29 is 13.2 Å². The Balaban J connectivity index is 1.65. The molecule has 1 aromatic carbocycles. The van der Waals surface area contributed by atoms with Gasteiger partial charge >= 0.3 is 0 Å². The molecule has 2 aromatic heterocycles. The van der Waals surface area contributed by atoms with Crippen LogP contribution in [0.2, 0.25) is 0 Å². The van der Waals surface area contributed by atoms with Crippen molar-refractivity contribution in [1.29, 1.82) is 0 Å². The maximum absolute atomic E-state index is 12.5. The molecule has 0 aliphatic carbocycles. The monoisotopic (exact) mass is 470 g/mol. The van der Waals surface area contributed by atoms with Crippen LogP contribution in [0.5, 0.6) is 0 Å². The van der Waals surface area contributed by atoms with Gasteiger partial charge in [-0.2, -0.15) is 8.42 Å². The van der Waals surface area contributed by atoms with Crippen LogP contribution in [-0.2, 0) is 10.0 Å². The number of hydrogen-bond acceptors (Lipinski definition) is 10. The maximum Gasteiger partial charge on any atom is 0.293 e. The third-order valence-electron chi connectivity index (χ3n) is 3.34. The number of nitrogens with one attached hydrogen (secondary N) is 2. The van der Waals surface area contributed by atoms with Crippen LogP contribution < -0.4 is 10.0 Å². The smallest absolute Gasteiger partial charge is 0.293 e. The van der Waals surface area contributed by atoms with E-state index >= 15 is 0 Å². The van der Waals surface area contributed by atoms with Gasteiger partial charge in [-0.25, -0.2) is 0 Å². The zero-order valence-corrected chi connectivity index (χ0v) is 19.0. The Morgan fingerprint density at radius 2 is 1.76 bits per heavy atom. The summed E-state index contributed by atoms with van der Waals surface area (Å²) in [7, 11) is -3.97. The second-order valence-corrected chi connectivity index (χ2v) is 11.5. The van der Waals surface area contributed by atoms with Gasteiger partial charge < -0.3 is 0 Å². The summed E-state index contributed by atoms with van der Waals surface area (Å²) in [4.78, 5) is 12.2. The summed E-state index contributed by atoms with van der Waals surface area (Å²) in [5.74, 6) is 0.954. The average molecular weight is 471 g/mol. The van der Waals surface area contributed by atoms with E-state index in [4.69, 9.17) is 0 Å². The highest BCUT2D eigenvalue weighted by Crippen LogP contribution is 2.29. The quantitative estimate of drug-likeness (QED) is 0.378. The number of aryl methyl sites for hydroxylation is 1. The van der Waals surface area contributed by atoms with Crippen LogP contribution in [0, 0.1) is 12.8 Å². The van der Waals surface area contributed by atoms with Crippen LogP contribution in [0.4, 0.5) is 10.3 Å². The predicted octanol–water partition coefficient (Wildman–Crippen LogP) is 3.50. The van der Waals surface area contributed by atoms with Crippen LogP contribution in [0.25, 0.3) is 0 Å². The molecule has 1 amide bonds. The molecule has 0 saturated heterocycles. The topological polar surface area (TPSA) is 127 Å². The summed E-state index contributed by atoms with van der Waals surface area (Å²) in [5, 5.41) is 18.0. The Hall–Kier alpha value is -2.09. The molecule has 0 bridgehead atoms. The number of amides is 1. The SMILES string of the molecule is Cc1ccc(C(=O)Nc2nnc(S(=O)(=O)Nc3nnc(SCC(C)C)s3)s2)cc1. The molecule has 2 N–H and O–H groups in total. The van der Waals surface area contributed by atoms with Crippen molar-refractivity contribution >= 4 is 60.6 Å². The molecule has 0 spiro atoms. The molecule has 9 nitrogen and oxygen atoms in total. The number of thioether (sulfide) groups is 1. The van der Waals surface area contributed by atoms with Gasteiger partial charge in [-0.15, -0.1) is 20.4 Å². The lowest BCUT2D eigenvalue weighted by atomic mass is 10.1. The van der Waals surface area contributed by atoms with E-state index in [1.165, 1.54) is 11.8 Å². The van der Waals surface area contributed by atoms with Crippen molar-refractivity contribution in [2.75, 3.05) is 15.8 Å². The second-order valence-electron chi connectivity index (χ2n) is 6.38. The van der Waals surface area contributed by atoms with Gasteiger partial charge in [0.15, 0.2) is 4.34 Å². The fourth-order valence-corrected chi connectivity index (χ4v) is 5.80. The number of aromatic nitrogens is 4. The number of carbonyl (C=O) groups is 1. The number of hydrogen-bond donors (Lipinski definition) is 2. The van der Waals surface area contributed by atoms with Gasteiger partial charge in [-0.1, -0.05) is 66.0 Å². The first-order chi connectivity index (χ1) is 13.7. The Morgan fingerprint density at radius 1 is 1.07 bits per heavy atom. The zero-order valence-electron chi connectivity index (χ0n) is 15.7. The molecule has 0 aliphatic heterocycles. The molecule has 3 aromatic rings. The van der Waals surface area contributed by atoms with Crippen molar-refractivity contribution in [3.05, 3.63) is 35.4 Å². The van der Waals surface area contributed by atoms with E-state index in [9.17, 15) is 13.2 Å². The van der Waals surface area contributed by atoms with E-state index in [2.05, 4.69) is 44.3 Å². The van der Waals surface area contributed by atoms with Gasteiger partial charge in [0, 0.05) is 11.3 Å². The molecule has 0 aliphatic rings. The van der Waals surface area contributed by atoms with E-state index in [0.717, 1.165) is 34.0 Å². The molecule has 0 unspecified atom stereocenters. The lowest BCUT2D eigenvalue weighted by Crippen LogP contribution is -2.12. The van der Waals surface area contributed by atoms with E-state index in [0.29, 0.717) is 15.8 Å². The summed E-state index contributed by atoms with van der Waals surface area (Å²) in [6.07, 6.45) is 0. The highest BCUT2D eigenvalue weighted by molar-refractivity contribution is 8.01. The fourth-order valence-electron chi connectivity index (χ4n) is 1.95. The number of rotatable bonds is 8. The molecule has 0 radical (unpaired) electrons. The van der Waals surface area contributed by atoms with Gasteiger partial charge in [0.25, 0.3) is 20.3 Å². The number of sulfonamides is 1. The Morgan fingerprint density at radius 3 is 2.45 bits per heavy atom. The minimum atomic E-state index is -3.97. The third-order valence-corrected chi connectivity index (χ3v) is 8.41. The largest absolute Gasteiger partial charge is 0.296 e. The van der Waals surface area contributed by atoms with Crippen molar-refractivity contribution in [3.63, 3.8) is 0 Å². The summed E-state index contributed by atoms with van der Waals surface area (Å²) in [5.41, 5.74) is 1.47. The molecule has 3 rings (SSSR count). The fraction of sp³-hybridized carbons (Fsp3) is 0.312. The number of nitrogens with zero attached hydrogens (tertiary/aromatic N) is 4. The van der Waals surface area contributed by atoms with Crippen molar-refractivity contribution in [1.82, 2.24) is 20.4 Å². The minimum absolute atomic E-state index is 0.0846. The van der Waals surface area contributed by atoms with E-state index in [1.54, 1.807) is 12.1 Å². The summed E-state index contributed by atoms with van der Waals surface area (Å²) < 4.78 is 27.8. The number of benzene rings is 1. The molecule has 0 atom stereocenters. The van der Waals surface area contributed by atoms with Gasteiger partial charge in [-0.05, 0) is 25.0 Å². The van der Waals surface area contributed by atoms with Gasteiger partial charge in [0.05, 0.1) is 0 Å². The van der Waals surface area contributed by atoms with Crippen molar-refractivity contribution in [3.8, 4) is 0 Å². The Bertz CT molecular complexity index is 1090. The van der Waals surface area contributed by atoms with Crippen LogP contribution in [0.15, 0.2) is 32.9 Å². The molecule has 29 heavy (non-hydrogen) atoms. The molecular formula is C16H18N6O3S4. The first kappa shape index (κ1) is 21.6. The summed E-state index contributed by atoms with van der Waals surface area (Å²) in [6.45, 7) is 6.09. The number of anilines is 2.